The summed E-state index contributed by atoms with van der Waals surface area (Å²) < 4.78 is 8.44. The molecule has 0 aliphatic heterocycles. The monoisotopic (exact) mass is 337 g/mol. The van der Waals surface area contributed by atoms with E-state index >= 15 is 0 Å². The number of aryl methyl sites for hydroxylation is 2. The van der Waals surface area contributed by atoms with Gasteiger partial charge >= 0.3 is 0 Å². The molecule has 0 aliphatic rings. The molecule has 0 unspecified atom stereocenters. The van der Waals surface area contributed by atoms with Crippen LogP contribution < -0.4 is 4.74 Å². The van der Waals surface area contributed by atoms with Gasteiger partial charge in [0.1, 0.15) is 18.7 Å². The standard InChI is InChI=1S/C14H16BrN3O2/c1-3-4-18-13(16-9-17-18)8-20-14-10(2)5-12(15)6-11(14)7-19/h5-7,9H,3-4,8H2,1-2H3. The van der Waals surface area contributed by atoms with Crippen molar-refractivity contribution >= 4 is 22.2 Å². The Morgan fingerprint density at radius 1 is 1.45 bits per heavy atom. The van der Waals surface area contributed by atoms with Crippen LogP contribution in [0.3, 0.4) is 0 Å². The summed E-state index contributed by atoms with van der Waals surface area (Å²) in [5, 5.41) is 4.15. The zero-order chi connectivity index (χ0) is 14.5. The van der Waals surface area contributed by atoms with E-state index < -0.39 is 0 Å². The van der Waals surface area contributed by atoms with Crippen LogP contribution in [0.4, 0.5) is 0 Å². The zero-order valence-electron chi connectivity index (χ0n) is 11.5. The summed E-state index contributed by atoms with van der Waals surface area (Å²) in [5.74, 6) is 1.35. The number of carbonyl (C=O) groups excluding carboxylic acids is 1. The van der Waals surface area contributed by atoms with Crippen molar-refractivity contribution in [3.05, 3.63) is 39.9 Å². The van der Waals surface area contributed by atoms with Crippen LogP contribution in [0, 0.1) is 6.92 Å². The van der Waals surface area contributed by atoms with Crippen LogP contribution in [-0.2, 0) is 13.2 Å². The smallest absolute Gasteiger partial charge is 0.164 e. The SMILES string of the molecule is CCCn1ncnc1COc1c(C)cc(Br)cc1C=O. The topological polar surface area (TPSA) is 57.0 Å². The normalized spacial score (nSPS) is 10.6. The minimum atomic E-state index is 0.295. The highest BCUT2D eigenvalue weighted by Gasteiger charge is 2.11. The fourth-order valence-electron chi connectivity index (χ4n) is 1.98. The van der Waals surface area contributed by atoms with E-state index in [1.54, 1.807) is 6.07 Å². The van der Waals surface area contributed by atoms with E-state index in [4.69, 9.17) is 4.74 Å². The van der Waals surface area contributed by atoms with Gasteiger partial charge in [0.2, 0.25) is 0 Å². The first kappa shape index (κ1) is 14.7. The Kier molecular flexibility index (Phi) is 4.89. The van der Waals surface area contributed by atoms with Crippen LogP contribution in [0.2, 0.25) is 0 Å². The van der Waals surface area contributed by atoms with Gasteiger partial charge in [-0.3, -0.25) is 4.79 Å². The highest BCUT2D eigenvalue weighted by Crippen LogP contribution is 2.27. The van der Waals surface area contributed by atoms with Gasteiger partial charge in [-0.1, -0.05) is 22.9 Å². The first-order valence-electron chi connectivity index (χ1n) is 6.40. The summed E-state index contributed by atoms with van der Waals surface area (Å²) in [7, 11) is 0. The number of hydrogen-bond donors (Lipinski definition) is 0. The minimum Gasteiger partial charge on any atom is -0.485 e. The molecule has 0 spiro atoms. The van der Waals surface area contributed by atoms with Gasteiger partial charge in [0.25, 0.3) is 0 Å². The Labute approximate surface area is 126 Å². The lowest BCUT2D eigenvalue weighted by molar-refractivity contribution is 0.111. The van der Waals surface area contributed by atoms with Crippen LogP contribution in [0.1, 0.15) is 35.1 Å². The van der Waals surface area contributed by atoms with Crippen LogP contribution in [0.5, 0.6) is 5.75 Å². The first-order chi connectivity index (χ1) is 9.65. The van der Waals surface area contributed by atoms with E-state index in [-0.39, 0.29) is 0 Å². The third-order valence-electron chi connectivity index (χ3n) is 2.87. The van der Waals surface area contributed by atoms with Gasteiger partial charge in [0, 0.05) is 11.0 Å². The molecule has 6 heteroatoms. The lowest BCUT2D eigenvalue weighted by Gasteiger charge is -2.12. The van der Waals surface area contributed by atoms with Crippen LogP contribution in [0.25, 0.3) is 0 Å². The summed E-state index contributed by atoms with van der Waals surface area (Å²) in [6, 6.07) is 3.66. The molecule has 0 fully saturated rings. The number of aldehydes is 1. The minimum absolute atomic E-state index is 0.295. The molecule has 1 aromatic carbocycles. The summed E-state index contributed by atoms with van der Waals surface area (Å²) in [4.78, 5) is 15.3. The lowest BCUT2D eigenvalue weighted by atomic mass is 10.1. The molecule has 106 valence electrons. The van der Waals surface area contributed by atoms with Crippen molar-refractivity contribution in [2.75, 3.05) is 0 Å². The maximum atomic E-state index is 11.1. The fraction of sp³-hybridized carbons (Fsp3) is 0.357. The van der Waals surface area contributed by atoms with E-state index in [2.05, 4.69) is 32.9 Å². The zero-order valence-corrected chi connectivity index (χ0v) is 13.1. The quantitative estimate of drug-likeness (QED) is 0.760. The Balaban J connectivity index is 2.18. The van der Waals surface area contributed by atoms with Crippen molar-refractivity contribution in [2.45, 2.75) is 33.4 Å². The van der Waals surface area contributed by atoms with Gasteiger partial charge < -0.3 is 4.74 Å². The molecule has 0 amide bonds. The lowest BCUT2D eigenvalue weighted by Crippen LogP contribution is -2.09. The number of rotatable bonds is 6. The molecule has 2 rings (SSSR count). The summed E-state index contributed by atoms with van der Waals surface area (Å²) in [5.41, 5.74) is 1.43. The number of hydrogen-bond acceptors (Lipinski definition) is 4. The molecule has 2 aromatic rings. The largest absolute Gasteiger partial charge is 0.485 e. The Morgan fingerprint density at radius 2 is 2.25 bits per heavy atom. The van der Waals surface area contributed by atoms with Crippen molar-refractivity contribution in [1.82, 2.24) is 14.8 Å². The summed E-state index contributed by atoms with van der Waals surface area (Å²) in [6.07, 6.45) is 3.29. The van der Waals surface area contributed by atoms with Crippen LogP contribution >= 0.6 is 15.9 Å². The average molecular weight is 338 g/mol. The van der Waals surface area contributed by atoms with Gasteiger partial charge in [-0.15, -0.1) is 0 Å². The Morgan fingerprint density at radius 3 is 2.95 bits per heavy atom. The fourth-order valence-corrected chi connectivity index (χ4v) is 2.57. The molecule has 0 aliphatic carbocycles. The van der Waals surface area contributed by atoms with Gasteiger partial charge in [0.05, 0.1) is 5.56 Å². The van der Waals surface area contributed by atoms with Crippen molar-refractivity contribution in [3.63, 3.8) is 0 Å². The molecule has 0 bridgehead atoms. The van der Waals surface area contributed by atoms with E-state index in [0.717, 1.165) is 35.1 Å². The number of carbonyl (C=O) groups is 1. The molecule has 20 heavy (non-hydrogen) atoms. The molecule has 0 saturated heterocycles. The van der Waals surface area contributed by atoms with Gasteiger partial charge in [-0.2, -0.15) is 5.10 Å². The number of nitrogens with zero attached hydrogens (tertiary/aromatic N) is 3. The highest BCUT2D eigenvalue weighted by molar-refractivity contribution is 9.10. The van der Waals surface area contributed by atoms with Crippen molar-refractivity contribution in [3.8, 4) is 5.75 Å². The second-order valence-corrected chi connectivity index (χ2v) is 5.36. The number of ether oxygens (including phenoxy) is 1. The van der Waals surface area contributed by atoms with Gasteiger partial charge in [-0.25, -0.2) is 9.67 Å². The van der Waals surface area contributed by atoms with E-state index in [1.165, 1.54) is 6.33 Å². The Bertz CT molecular complexity index is 610. The molecule has 0 atom stereocenters. The second kappa shape index (κ2) is 6.65. The number of halogens is 1. The van der Waals surface area contributed by atoms with E-state index in [0.29, 0.717) is 17.9 Å². The molecule has 0 saturated carbocycles. The molecule has 0 radical (unpaired) electrons. The van der Waals surface area contributed by atoms with Crippen LogP contribution in [-0.4, -0.2) is 21.1 Å². The maximum Gasteiger partial charge on any atom is 0.164 e. The average Bonchev–Trinajstić information content (AvgIpc) is 2.85. The van der Waals surface area contributed by atoms with Gasteiger partial charge in [-0.05, 0) is 31.0 Å². The van der Waals surface area contributed by atoms with Crippen molar-refractivity contribution in [2.24, 2.45) is 0 Å². The molecule has 1 aromatic heterocycles. The molecular formula is C14H16BrN3O2. The van der Waals surface area contributed by atoms with Gasteiger partial charge in [0.15, 0.2) is 12.1 Å². The first-order valence-corrected chi connectivity index (χ1v) is 7.19. The summed E-state index contributed by atoms with van der Waals surface area (Å²) in [6.45, 7) is 5.08. The van der Waals surface area contributed by atoms with Crippen molar-refractivity contribution in [1.29, 1.82) is 0 Å². The van der Waals surface area contributed by atoms with E-state index in [1.807, 2.05) is 17.7 Å². The second-order valence-electron chi connectivity index (χ2n) is 4.45. The van der Waals surface area contributed by atoms with E-state index in [9.17, 15) is 4.79 Å². The molecule has 0 N–H and O–H groups in total. The number of aromatic nitrogens is 3. The maximum absolute atomic E-state index is 11.1. The predicted molar refractivity (Wildman–Crippen MR) is 78.9 cm³/mol. The number of benzene rings is 1. The molecule has 1 heterocycles. The summed E-state index contributed by atoms with van der Waals surface area (Å²) >= 11 is 3.37. The molecule has 5 nitrogen and oxygen atoms in total. The Hall–Kier alpha value is -1.69. The van der Waals surface area contributed by atoms with Crippen molar-refractivity contribution < 1.29 is 9.53 Å². The van der Waals surface area contributed by atoms with Crippen LogP contribution in [0.15, 0.2) is 22.9 Å². The predicted octanol–water partition coefficient (Wildman–Crippen LogP) is 3.15. The molecular weight excluding hydrogens is 322 g/mol. The third-order valence-corrected chi connectivity index (χ3v) is 3.33. The highest BCUT2D eigenvalue weighted by atomic mass is 79.9. The third kappa shape index (κ3) is 3.25.